The number of fused-ring (bicyclic) bond motifs is 1. The molecule has 1 aromatic rings. The summed E-state index contributed by atoms with van der Waals surface area (Å²) in [5.41, 5.74) is 2.32. The highest BCUT2D eigenvalue weighted by Crippen LogP contribution is 2.38. The van der Waals surface area contributed by atoms with Gasteiger partial charge < -0.3 is 15.3 Å². The molecule has 14 heavy (non-hydrogen) atoms. The van der Waals surface area contributed by atoms with Gasteiger partial charge in [-0.3, -0.25) is 0 Å². The molecular formula is C11H14N2O. The van der Waals surface area contributed by atoms with Crippen LogP contribution in [-0.4, -0.2) is 24.2 Å². The van der Waals surface area contributed by atoms with Crippen LogP contribution in [0.4, 0.5) is 11.4 Å². The SMILES string of the molecule is Oc1ccc2c(c1)NCCN2C1CC1. The van der Waals surface area contributed by atoms with Crippen LogP contribution in [0, 0.1) is 0 Å². The fourth-order valence-corrected chi connectivity index (χ4v) is 2.11. The summed E-state index contributed by atoms with van der Waals surface area (Å²) in [5, 5.41) is 12.7. The minimum absolute atomic E-state index is 0.342. The Morgan fingerprint density at radius 1 is 1.36 bits per heavy atom. The van der Waals surface area contributed by atoms with E-state index < -0.39 is 0 Å². The Balaban J connectivity index is 2.01. The Bertz CT molecular complexity index is 360. The van der Waals surface area contributed by atoms with Gasteiger partial charge in [0.25, 0.3) is 0 Å². The molecule has 0 unspecified atom stereocenters. The second-order valence-electron chi connectivity index (χ2n) is 4.05. The van der Waals surface area contributed by atoms with Gasteiger partial charge in [-0.2, -0.15) is 0 Å². The molecule has 74 valence electrons. The number of phenolic OH excluding ortho intramolecular Hbond substituents is 1. The Morgan fingerprint density at radius 2 is 2.21 bits per heavy atom. The van der Waals surface area contributed by atoms with Gasteiger partial charge in [0.15, 0.2) is 0 Å². The number of hydrogen-bond acceptors (Lipinski definition) is 3. The Labute approximate surface area is 83.3 Å². The molecule has 0 aromatic heterocycles. The molecular weight excluding hydrogens is 176 g/mol. The first-order valence-electron chi connectivity index (χ1n) is 5.18. The van der Waals surface area contributed by atoms with E-state index >= 15 is 0 Å². The van der Waals surface area contributed by atoms with E-state index in [0.717, 1.165) is 24.8 Å². The largest absolute Gasteiger partial charge is 0.508 e. The van der Waals surface area contributed by atoms with Crippen LogP contribution in [0.25, 0.3) is 0 Å². The molecule has 3 rings (SSSR count). The molecule has 0 saturated heterocycles. The summed E-state index contributed by atoms with van der Waals surface area (Å²) in [6.45, 7) is 2.06. The third kappa shape index (κ3) is 1.20. The van der Waals surface area contributed by atoms with Crippen molar-refractivity contribution >= 4 is 11.4 Å². The van der Waals surface area contributed by atoms with Crippen LogP contribution in [0.15, 0.2) is 18.2 Å². The van der Waals surface area contributed by atoms with E-state index in [0.29, 0.717) is 5.75 Å². The van der Waals surface area contributed by atoms with Crippen molar-refractivity contribution in [1.29, 1.82) is 0 Å². The van der Waals surface area contributed by atoms with E-state index in [-0.39, 0.29) is 0 Å². The van der Waals surface area contributed by atoms with Gasteiger partial charge in [0.2, 0.25) is 0 Å². The van der Waals surface area contributed by atoms with Crippen LogP contribution >= 0.6 is 0 Å². The Hall–Kier alpha value is -1.38. The molecule has 3 nitrogen and oxygen atoms in total. The van der Waals surface area contributed by atoms with Crippen molar-refractivity contribution < 1.29 is 5.11 Å². The third-order valence-electron chi connectivity index (χ3n) is 2.95. The lowest BCUT2D eigenvalue weighted by molar-refractivity contribution is 0.475. The van der Waals surface area contributed by atoms with E-state index in [9.17, 15) is 5.11 Å². The monoisotopic (exact) mass is 190 g/mol. The summed E-state index contributed by atoms with van der Waals surface area (Å²) in [7, 11) is 0. The van der Waals surface area contributed by atoms with Gasteiger partial charge in [-0.15, -0.1) is 0 Å². The number of nitrogens with one attached hydrogen (secondary N) is 1. The molecule has 0 atom stereocenters. The molecule has 3 heteroatoms. The van der Waals surface area contributed by atoms with Crippen molar-refractivity contribution in [3.63, 3.8) is 0 Å². The summed E-state index contributed by atoms with van der Waals surface area (Å²) < 4.78 is 0. The number of hydrogen-bond donors (Lipinski definition) is 2. The first-order chi connectivity index (χ1) is 6.84. The van der Waals surface area contributed by atoms with Crippen LogP contribution in [0.5, 0.6) is 5.75 Å². The predicted octanol–water partition coefficient (Wildman–Crippen LogP) is 1.79. The van der Waals surface area contributed by atoms with Crippen molar-refractivity contribution in [1.82, 2.24) is 0 Å². The van der Waals surface area contributed by atoms with E-state index in [1.807, 2.05) is 12.1 Å². The maximum Gasteiger partial charge on any atom is 0.117 e. The smallest absolute Gasteiger partial charge is 0.117 e. The molecule has 1 aromatic carbocycles. The van der Waals surface area contributed by atoms with Gasteiger partial charge in [-0.05, 0) is 25.0 Å². The zero-order valence-electron chi connectivity index (χ0n) is 8.03. The fourth-order valence-electron chi connectivity index (χ4n) is 2.11. The number of benzene rings is 1. The molecule has 0 spiro atoms. The molecule has 1 saturated carbocycles. The number of rotatable bonds is 1. The molecule has 1 heterocycles. The second-order valence-corrected chi connectivity index (χ2v) is 4.05. The van der Waals surface area contributed by atoms with Gasteiger partial charge >= 0.3 is 0 Å². The molecule has 0 radical (unpaired) electrons. The van der Waals surface area contributed by atoms with Crippen LogP contribution < -0.4 is 10.2 Å². The van der Waals surface area contributed by atoms with Crippen LogP contribution in [0.2, 0.25) is 0 Å². The minimum Gasteiger partial charge on any atom is -0.508 e. The van der Waals surface area contributed by atoms with Crippen molar-refractivity contribution in [2.45, 2.75) is 18.9 Å². The van der Waals surface area contributed by atoms with Gasteiger partial charge in [0, 0.05) is 25.2 Å². The quantitative estimate of drug-likeness (QED) is 0.708. The number of phenols is 1. The van der Waals surface area contributed by atoms with Crippen LogP contribution in [0.1, 0.15) is 12.8 Å². The highest BCUT2D eigenvalue weighted by atomic mass is 16.3. The average Bonchev–Trinajstić information content (AvgIpc) is 2.99. The zero-order chi connectivity index (χ0) is 9.54. The topological polar surface area (TPSA) is 35.5 Å². The molecule has 0 bridgehead atoms. The van der Waals surface area contributed by atoms with Gasteiger partial charge in [0.05, 0.1) is 11.4 Å². The second kappa shape index (κ2) is 2.80. The van der Waals surface area contributed by atoms with Crippen molar-refractivity contribution in [3.05, 3.63) is 18.2 Å². The fraction of sp³-hybridized carbons (Fsp3) is 0.455. The summed E-state index contributed by atoms with van der Waals surface area (Å²) in [5.74, 6) is 0.342. The van der Waals surface area contributed by atoms with Gasteiger partial charge in [0.1, 0.15) is 5.75 Å². The lowest BCUT2D eigenvalue weighted by atomic mass is 10.2. The number of anilines is 2. The van der Waals surface area contributed by atoms with Crippen LogP contribution in [-0.2, 0) is 0 Å². The van der Waals surface area contributed by atoms with Crippen LogP contribution in [0.3, 0.4) is 0 Å². The molecule has 2 N–H and O–H groups in total. The maximum absolute atomic E-state index is 9.37. The normalized spacial score (nSPS) is 20.1. The summed E-state index contributed by atoms with van der Waals surface area (Å²) in [6.07, 6.45) is 2.64. The molecule has 2 aliphatic rings. The minimum atomic E-state index is 0.342. The van der Waals surface area contributed by atoms with E-state index in [2.05, 4.69) is 10.2 Å². The first kappa shape index (κ1) is 7.97. The summed E-state index contributed by atoms with van der Waals surface area (Å²) in [6, 6.07) is 6.33. The molecule has 0 amide bonds. The van der Waals surface area contributed by atoms with Gasteiger partial charge in [-0.25, -0.2) is 0 Å². The molecule has 1 aliphatic heterocycles. The molecule has 1 aliphatic carbocycles. The zero-order valence-corrected chi connectivity index (χ0v) is 8.03. The lowest BCUT2D eigenvalue weighted by Gasteiger charge is -2.32. The van der Waals surface area contributed by atoms with E-state index in [1.54, 1.807) is 6.07 Å². The summed E-state index contributed by atoms with van der Waals surface area (Å²) >= 11 is 0. The Kier molecular flexibility index (Phi) is 1.60. The Morgan fingerprint density at radius 3 is 3.00 bits per heavy atom. The first-order valence-corrected chi connectivity index (χ1v) is 5.18. The molecule has 1 fully saturated rings. The predicted molar refractivity (Wildman–Crippen MR) is 57.0 cm³/mol. The van der Waals surface area contributed by atoms with E-state index in [1.165, 1.54) is 18.5 Å². The van der Waals surface area contributed by atoms with Gasteiger partial charge in [-0.1, -0.05) is 0 Å². The number of aromatic hydroxyl groups is 1. The maximum atomic E-state index is 9.37. The standard InChI is InChI=1S/C11H14N2O/c14-9-3-4-11-10(7-9)12-5-6-13(11)8-1-2-8/h3-4,7-8,12,14H,1-2,5-6H2. The van der Waals surface area contributed by atoms with Crippen molar-refractivity contribution in [2.75, 3.05) is 23.3 Å². The highest BCUT2D eigenvalue weighted by molar-refractivity contribution is 5.74. The van der Waals surface area contributed by atoms with Crippen molar-refractivity contribution in [3.8, 4) is 5.75 Å². The lowest BCUT2D eigenvalue weighted by Crippen LogP contribution is -2.35. The number of nitrogens with zero attached hydrogens (tertiary/aromatic N) is 1. The van der Waals surface area contributed by atoms with Crippen molar-refractivity contribution in [2.24, 2.45) is 0 Å². The highest BCUT2D eigenvalue weighted by Gasteiger charge is 2.31. The third-order valence-corrected chi connectivity index (χ3v) is 2.95. The summed E-state index contributed by atoms with van der Waals surface area (Å²) in [4.78, 5) is 2.45. The van der Waals surface area contributed by atoms with E-state index in [4.69, 9.17) is 0 Å². The average molecular weight is 190 g/mol.